The number of anilines is 1. The van der Waals surface area contributed by atoms with Crippen molar-refractivity contribution in [2.75, 3.05) is 5.32 Å². The van der Waals surface area contributed by atoms with Crippen molar-refractivity contribution in [1.29, 1.82) is 0 Å². The fourth-order valence-electron chi connectivity index (χ4n) is 3.67. The van der Waals surface area contributed by atoms with Crippen LogP contribution in [0.1, 0.15) is 17.1 Å². The zero-order chi connectivity index (χ0) is 20.5. The van der Waals surface area contributed by atoms with E-state index < -0.39 is 0 Å². The van der Waals surface area contributed by atoms with Gasteiger partial charge in [-0.25, -0.2) is 9.97 Å². The van der Waals surface area contributed by atoms with Gasteiger partial charge < -0.3 is 5.32 Å². The first kappa shape index (κ1) is 18.1. The number of hydrogen-bond donors (Lipinski definition) is 2. The zero-order valence-corrected chi connectivity index (χ0v) is 16.9. The number of hydrogen-bond acceptors (Lipinski definition) is 4. The quantitative estimate of drug-likeness (QED) is 0.438. The van der Waals surface area contributed by atoms with Crippen molar-refractivity contribution in [2.24, 2.45) is 0 Å². The van der Waals surface area contributed by atoms with Crippen LogP contribution >= 0.6 is 0 Å². The standard InChI is InChI=1S/C24H22N6/c1-16-4-3-5-21(10-16)26-15-24-25-8-9-30(24)23-13-19(11-17(2)28-23)18-6-7-22-20(12-18)14-27-29-22/h3-14,26H,15H2,1-2H3,(H,27,29). The molecule has 5 rings (SSSR count). The SMILES string of the molecule is Cc1cccc(NCc2nccn2-c2cc(-c3ccc4[nH]ncc4c3)cc(C)n2)c1. The Kier molecular flexibility index (Phi) is 4.52. The Morgan fingerprint density at radius 2 is 1.93 bits per heavy atom. The number of pyridine rings is 1. The highest BCUT2D eigenvalue weighted by Gasteiger charge is 2.10. The third-order valence-corrected chi connectivity index (χ3v) is 5.15. The Morgan fingerprint density at radius 3 is 2.83 bits per heavy atom. The van der Waals surface area contributed by atoms with Gasteiger partial charge in [0.05, 0.1) is 18.3 Å². The summed E-state index contributed by atoms with van der Waals surface area (Å²) in [6.07, 6.45) is 5.62. The monoisotopic (exact) mass is 394 g/mol. The van der Waals surface area contributed by atoms with E-state index in [1.165, 1.54) is 5.56 Å². The summed E-state index contributed by atoms with van der Waals surface area (Å²) in [5.41, 5.74) is 6.55. The van der Waals surface area contributed by atoms with Crippen molar-refractivity contribution in [1.82, 2.24) is 24.7 Å². The van der Waals surface area contributed by atoms with Crippen LogP contribution in [0.3, 0.4) is 0 Å². The van der Waals surface area contributed by atoms with Crippen molar-refractivity contribution >= 4 is 16.6 Å². The average Bonchev–Trinajstić information content (AvgIpc) is 3.40. The Balaban J connectivity index is 1.47. The number of rotatable bonds is 5. The Morgan fingerprint density at radius 1 is 1.00 bits per heavy atom. The molecule has 0 unspecified atom stereocenters. The summed E-state index contributed by atoms with van der Waals surface area (Å²) < 4.78 is 2.04. The van der Waals surface area contributed by atoms with Crippen molar-refractivity contribution in [3.63, 3.8) is 0 Å². The molecule has 3 heterocycles. The maximum absolute atomic E-state index is 4.76. The highest BCUT2D eigenvalue weighted by atomic mass is 15.1. The number of benzene rings is 2. The van der Waals surface area contributed by atoms with Crippen LogP contribution in [0, 0.1) is 13.8 Å². The Labute approximate surface area is 174 Å². The molecule has 148 valence electrons. The molecule has 0 aliphatic rings. The molecule has 0 saturated carbocycles. The van der Waals surface area contributed by atoms with Crippen LogP contribution in [0.15, 0.2) is 73.2 Å². The number of H-pyrrole nitrogens is 1. The highest BCUT2D eigenvalue weighted by Crippen LogP contribution is 2.26. The van der Waals surface area contributed by atoms with Crippen LogP contribution in [0.2, 0.25) is 0 Å². The minimum Gasteiger partial charge on any atom is -0.378 e. The second kappa shape index (κ2) is 7.48. The van der Waals surface area contributed by atoms with Gasteiger partial charge in [0.1, 0.15) is 11.6 Å². The van der Waals surface area contributed by atoms with Crippen LogP contribution in [0.25, 0.3) is 27.8 Å². The average molecular weight is 394 g/mol. The lowest BCUT2D eigenvalue weighted by Crippen LogP contribution is -2.09. The van der Waals surface area contributed by atoms with Gasteiger partial charge in [-0.1, -0.05) is 18.2 Å². The number of fused-ring (bicyclic) bond motifs is 1. The predicted molar refractivity (Wildman–Crippen MR) is 120 cm³/mol. The third-order valence-electron chi connectivity index (χ3n) is 5.15. The van der Waals surface area contributed by atoms with Crippen molar-refractivity contribution < 1.29 is 0 Å². The molecule has 30 heavy (non-hydrogen) atoms. The van der Waals surface area contributed by atoms with Gasteiger partial charge >= 0.3 is 0 Å². The summed E-state index contributed by atoms with van der Waals surface area (Å²) in [5.74, 6) is 1.77. The number of imidazole rings is 1. The second-order valence-corrected chi connectivity index (χ2v) is 7.46. The first-order valence-electron chi connectivity index (χ1n) is 9.91. The normalized spacial score (nSPS) is 11.1. The van der Waals surface area contributed by atoms with Crippen molar-refractivity contribution in [3.8, 4) is 16.9 Å². The van der Waals surface area contributed by atoms with Gasteiger partial charge in [0.25, 0.3) is 0 Å². The number of aryl methyl sites for hydroxylation is 2. The van der Waals surface area contributed by atoms with Gasteiger partial charge in [0, 0.05) is 29.2 Å². The fraction of sp³-hybridized carbons (Fsp3) is 0.125. The van der Waals surface area contributed by atoms with Gasteiger partial charge in [-0.2, -0.15) is 5.10 Å². The van der Waals surface area contributed by atoms with Crippen LogP contribution in [0.5, 0.6) is 0 Å². The van der Waals surface area contributed by atoms with E-state index in [4.69, 9.17) is 4.98 Å². The van der Waals surface area contributed by atoms with Gasteiger partial charge in [0.15, 0.2) is 0 Å². The van der Waals surface area contributed by atoms with Crippen LogP contribution in [0.4, 0.5) is 5.69 Å². The molecule has 0 bridgehead atoms. The molecule has 2 N–H and O–H groups in total. The molecule has 2 aromatic carbocycles. The number of nitrogens with zero attached hydrogens (tertiary/aromatic N) is 4. The molecule has 0 aliphatic carbocycles. The third kappa shape index (κ3) is 3.55. The number of nitrogens with one attached hydrogen (secondary N) is 2. The summed E-state index contributed by atoms with van der Waals surface area (Å²) in [6, 6.07) is 18.8. The second-order valence-electron chi connectivity index (χ2n) is 7.46. The lowest BCUT2D eigenvalue weighted by Gasteiger charge is -2.12. The van der Waals surface area contributed by atoms with Crippen molar-refractivity contribution in [3.05, 3.63) is 90.3 Å². The van der Waals surface area contributed by atoms with E-state index in [1.807, 2.05) is 30.1 Å². The maximum atomic E-state index is 4.76. The van der Waals surface area contributed by atoms with Crippen LogP contribution < -0.4 is 5.32 Å². The van der Waals surface area contributed by atoms with E-state index in [9.17, 15) is 0 Å². The molecule has 0 fully saturated rings. The first-order valence-corrected chi connectivity index (χ1v) is 9.91. The predicted octanol–water partition coefficient (Wildman–Crippen LogP) is 5.04. The van der Waals surface area contributed by atoms with Gasteiger partial charge in [-0.15, -0.1) is 0 Å². The minimum absolute atomic E-state index is 0.613. The molecular weight excluding hydrogens is 372 g/mol. The van der Waals surface area contributed by atoms with Gasteiger partial charge in [-0.05, 0) is 66.9 Å². The number of aromatic nitrogens is 5. The molecule has 0 amide bonds. The van der Waals surface area contributed by atoms with Crippen LogP contribution in [-0.2, 0) is 6.54 Å². The Hall–Kier alpha value is -3.93. The lowest BCUT2D eigenvalue weighted by molar-refractivity contribution is 0.869. The Bertz CT molecular complexity index is 1330. The number of aromatic amines is 1. The van der Waals surface area contributed by atoms with E-state index in [0.717, 1.165) is 45.1 Å². The summed E-state index contributed by atoms with van der Waals surface area (Å²) >= 11 is 0. The molecule has 5 aromatic rings. The fourth-order valence-corrected chi connectivity index (χ4v) is 3.67. The van der Waals surface area contributed by atoms with E-state index in [2.05, 4.69) is 82.0 Å². The molecular formula is C24H22N6. The van der Waals surface area contributed by atoms with E-state index in [0.29, 0.717) is 6.54 Å². The maximum Gasteiger partial charge on any atom is 0.138 e. The summed E-state index contributed by atoms with van der Waals surface area (Å²) in [7, 11) is 0. The van der Waals surface area contributed by atoms with Crippen molar-refractivity contribution in [2.45, 2.75) is 20.4 Å². The molecule has 3 aromatic heterocycles. The molecule has 0 radical (unpaired) electrons. The first-order chi connectivity index (χ1) is 14.7. The molecule has 0 saturated heterocycles. The molecule has 0 aliphatic heterocycles. The summed E-state index contributed by atoms with van der Waals surface area (Å²) in [4.78, 5) is 9.30. The van der Waals surface area contributed by atoms with E-state index in [-0.39, 0.29) is 0 Å². The molecule has 0 atom stereocenters. The van der Waals surface area contributed by atoms with E-state index in [1.54, 1.807) is 0 Å². The smallest absolute Gasteiger partial charge is 0.138 e. The van der Waals surface area contributed by atoms with E-state index >= 15 is 0 Å². The minimum atomic E-state index is 0.613. The molecule has 6 heteroatoms. The topological polar surface area (TPSA) is 71.4 Å². The largest absolute Gasteiger partial charge is 0.378 e. The molecule has 0 spiro atoms. The zero-order valence-electron chi connectivity index (χ0n) is 16.9. The lowest BCUT2D eigenvalue weighted by atomic mass is 10.0. The van der Waals surface area contributed by atoms with Crippen LogP contribution in [-0.4, -0.2) is 24.7 Å². The molecule has 6 nitrogen and oxygen atoms in total. The summed E-state index contributed by atoms with van der Waals surface area (Å²) in [5, 5.41) is 11.7. The highest BCUT2D eigenvalue weighted by molar-refractivity contribution is 5.84. The van der Waals surface area contributed by atoms with Gasteiger partial charge in [-0.3, -0.25) is 9.67 Å². The van der Waals surface area contributed by atoms with Gasteiger partial charge in [0.2, 0.25) is 0 Å². The summed E-state index contributed by atoms with van der Waals surface area (Å²) in [6.45, 7) is 4.72.